The van der Waals surface area contributed by atoms with Gasteiger partial charge in [0.15, 0.2) is 11.5 Å². The molecule has 1 aromatic carbocycles. The molecule has 2 N–H and O–H groups in total. The van der Waals surface area contributed by atoms with E-state index in [-0.39, 0.29) is 37.0 Å². The van der Waals surface area contributed by atoms with E-state index in [1.807, 2.05) is 6.07 Å². The number of rotatable bonds is 19. The first-order valence-corrected chi connectivity index (χ1v) is 12.6. The average Bonchev–Trinajstić information content (AvgIpc) is 2.76. The SMILES string of the molecule is CCCCC[C@@H](C)N[C@@H](Cc1ccc(OC)c(OCCCOC)c1)[C@@H](O)CCCC(C)C.Cl.Cl. The fourth-order valence-electron chi connectivity index (χ4n) is 3.99. The number of aliphatic hydroxyl groups excluding tert-OH is 1. The first-order valence-electron chi connectivity index (χ1n) is 12.6. The molecule has 0 aromatic heterocycles. The zero-order chi connectivity index (χ0) is 23.8. The molecule has 0 bridgehead atoms. The van der Waals surface area contributed by atoms with Crippen molar-refractivity contribution >= 4 is 24.8 Å². The fraction of sp³-hybridized carbons (Fsp3) is 0.778. The summed E-state index contributed by atoms with van der Waals surface area (Å²) in [6, 6.07) is 6.51. The van der Waals surface area contributed by atoms with Crippen LogP contribution in [0, 0.1) is 5.92 Å². The van der Waals surface area contributed by atoms with Gasteiger partial charge in [-0.1, -0.05) is 58.9 Å². The van der Waals surface area contributed by atoms with Crippen LogP contribution in [0.5, 0.6) is 11.5 Å². The maximum atomic E-state index is 11.0. The van der Waals surface area contributed by atoms with Crippen LogP contribution in [0.25, 0.3) is 0 Å². The molecule has 7 heteroatoms. The lowest BCUT2D eigenvalue weighted by Gasteiger charge is -2.28. The van der Waals surface area contributed by atoms with Crippen molar-refractivity contribution in [3.63, 3.8) is 0 Å². The molecule has 34 heavy (non-hydrogen) atoms. The molecule has 0 saturated heterocycles. The van der Waals surface area contributed by atoms with Gasteiger partial charge in [0.05, 0.1) is 19.8 Å². The Labute approximate surface area is 221 Å². The summed E-state index contributed by atoms with van der Waals surface area (Å²) >= 11 is 0. The molecule has 0 aliphatic heterocycles. The summed E-state index contributed by atoms with van der Waals surface area (Å²) in [5.74, 6) is 2.16. The summed E-state index contributed by atoms with van der Waals surface area (Å²) < 4.78 is 16.6. The predicted octanol–water partition coefficient (Wildman–Crippen LogP) is 6.61. The number of methoxy groups -OCH3 is 2. The van der Waals surface area contributed by atoms with Crippen LogP contribution in [0.1, 0.15) is 84.6 Å². The van der Waals surface area contributed by atoms with Crippen molar-refractivity contribution in [2.75, 3.05) is 27.4 Å². The molecule has 0 aliphatic rings. The zero-order valence-electron chi connectivity index (χ0n) is 22.3. The third kappa shape index (κ3) is 15.3. The predicted molar refractivity (Wildman–Crippen MR) is 148 cm³/mol. The molecule has 0 fully saturated rings. The van der Waals surface area contributed by atoms with Gasteiger partial charge in [-0.2, -0.15) is 0 Å². The lowest BCUT2D eigenvalue weighted by molar-refractivity contribution is 0.107. The fourth-order valence-corrected chi connectivity index (χ4v) is 3.99. The highest BCUT2D eigenvalue weighted by molar-refractivity contribution is 5.85. The van der Waals surface area contributed by atoms with Gasteiger partial charge in [-0.25, -0.2) is 0 Å². The van der Waals surface area contributed by atoms with Crippen LogP contribution in [0.2, 0.25) is 0 Å². The largest absolute Gasteiger partial charge is 0.493 e. The normalized spacial score (nSPS) is 13.5. The minimum Gasteiger partial charge on any atom is -0.493 e. The number of ether oxygens (including phenoxy) is 3. The molecular weight excluding hydrogens is 473 g/mol. The molecule has 0 amide bonds. The van der Waals surface area contributed by atoms with E-state index < -0.39 is 0 Å². The van der Waals surface area contributed by atoms with Crippen molar-refractivity contribution in [2.45, 2.75) is 104 Å². The van der Waals surface area contributed by atoms with Crippen LogP contribution in [-0.2, 0) is 11.2 Å². The molecule has 0 aliphatic carbocycles. The van der Waals surface area contributed by atoms with Crippen LogP contribution < -0.4 is 14.8 Å². The van der Waals surface area contributed by atoms with E-state index in [1.54, 1.807) is 14.2 Å². The van der Waals surface area contributed by atoms with Crippen LogP contribution in [0.15, 0.2) is 18.2 Å². The molecule has 0 spiro atoms. The second-order valence-corrected chi connectivity index (χ2v) is 9.45. The van der Waals surface area contributed by atoms with E-state index in [1.165, 1.54) is 19.3 Å². The molecule has 5 nitrogen and oxygen atoms in total. The Bertz CT molecular complexity index is 604. The molecule has 0 saturated carbocycles. The first-order chi connectivity index (χ1) is 15.4. The molecule has 1 rings (SSSR count). The smallest absolute Gasteiger partial charge is 0.161 e. The third-order valence-electron chi connectivity index (χ3n) is 5.92. The summed E-state index contributed by atoms with van der Waals surface area (Å²) in [6.07, 6.45) is 9.11. The summed E-state index contributed by atoms with van der Waals surface area (Å²) in [7, 11) is 3.36. The van der Waals surface area contributed by atoms with Gasteiger partial charge < -0.3 is 24.6 Å². The van der Waals surface area contributed by atoms with Crippen molar-refractivity contribution in [3.05, 3.63) is 23.8 Å². The van der Waals surface area contributed by atoms with Crippen molar-refractivity contribution < 1.29 is 19.3 Å². The van der Waals surface area contributed by atoms with Gasteiger partial charge in [-0.05, 0) is 49.8 Å². The second-order valence-electron chi connectivity index (χ2n) is 9.45. The highest BCUT2D eigenvalue weighted by atomic mass is 35.5. The highest BCUT2D eigenvalue weighted by Crippen LogP contribution is 2.29. The molecule has 0 heterocycles. The Morgan fingerprint density at radius 1 is 0.882 bits per heavy atom. The Morgan fingerprint density at radius 3 is 2.24 bits per heavy atom. The molecule has 3 atom stereocenters. The average molecular weight is 525 g/mol. The number of aliphatic hydroxyl groups is 1. The third-order valence-corrected chi connectivity index (χ3v) is 5.92. The molecule has 1 aromatic rings. The van der Waals surface area contributed by atoms with Gasteiger partial charge in [0.2, 0.25) is 0 Å². The molecule has 0 radical (unpaired) electrons. The van der Waals surface area contributed by atoms with Gasteiger partial charge in [0, 0.05) is 32.2 Å². The van der Waals surface area contributed by atoms with Crippen molar-refractivity contribution in [2.24, 2.45) is 5.92 Å². The lowest BCUT2D eigenvalue weighted by Crippen LogP contribution is -2.46. The zero-order valence-corrected chi connectivity index (χ0v) is 23.9. The van der Waals surface area contributed by atoms with E-state index in [9.17, 15) is 5.11 Å². The summed E-state index contributed by atoms with van der Waals surface area (Å²) in [4.78, 5) is 0. The summed E-state index contributed by atoms with van der Waals surface area (Å²) in [5.41, 5.74) is 1.15. The van der Waals surface area contributed by atoms with E-state index in [2.05, 4.69) is 45.1 Å². The van der Waals surface area contributed by atoms with Crippen LogP contribution in [0.4, 0.5) is 0 Å². The maximum Gasteiger partial charge on any atom is 0.161 e. The minimum absolute atomic E-state index is 0. The quantitative estimate of drug-likeness (QED) is 0.200. The monoisotopic (exact) mass is 523 g/mol. The van der Waals surface area contributed by atoms with Gasteiger partial charge in [-0.15, -0.1) is 24.8 Å². The maximum absolute atomic E-state index is 11.0. The highest BCUT2D eigenvalue weighted by Gasteiger charge is 2.22. The second kappa shape index (κ2) is 21.6. The number of hydrogen-bond acceptors (Lipinski definition) is 5. The molecular formula is C27H51Cl2NO4. The van der Waals surface area contributed by atoms with E-state index in [4.69, 9.17) is 14.2 Å². The number of halogens is 2. The van der Waals surface area contributed by atoms with Gasteiger partial charge in [-0.3, -0.25) is 0 Å². The van der Waals surface area contributed by atoms with Crippen molar-refractivity contribution in [1.29, 1.82) is 0 Å². The number of hydrogen-bond donors (Lipinski definition) is 2. The first kappa shape index (κ1) is 35.4. The van der Waals surface area contributed by atoms with Crippen LogP contribution in [-0.4, -0.2) is 50.7 Å². The summed E-state index contributed by atoms with van der Waals surface area (Å²) in [5, 5.41) is 14.8. The lowest BCUT2D eigenvalue weighted by atomic mass is 9.94. The Kier molecular flexibility index (Phi) is 22.5. The van der Waals surface area contributed by atoms with Gasteiger partial charge >= 0.3 is 0 Å². The number of unbranched alkanes of at least 4 members (excludes halogenated alkanes) is 2. The van der Waals surface area contributed by atoms with E-state index in [0.29, 0.717) is 25.2 Å². The Morgan fingerprint density at radius 2 is 1.62 bits per heavy atom. The van der Waals surface area contributed by atoms with Crippen molar-refractivity contribution in [1.82, 2.24) is 5.32 Å². The standard InChI is InChI=1S/C27H49NO4.2ClH/c1-7-8-9-13-22(4)28-24(25(29)14-10-12-21(2)3)19-23-15-16-26(31-6)27(20-23)32-18-11-17-30-5;;/h15-16,20-22,24-25,28-29H,7-14,17-19H2,1-6H3;2*1H/t22-,24+,25+;;/m1../s1. The Balaban J connectivity index is 0. The van der Waals surface area contributed by atoms with Gasteiger partial charge in [0.1, 0.15) is 0 Å². The van der Waals surface area contributed by atoms with Gasteiger partial charge in [0.25, 0.3) is 0 Å². The van der Waals surface area contributed by atoms with Crippen LogP contribution >= 0.6 is 24.8 Å². The molecule has 202 valence electrons. The van der Waals surface area contributed by atoms with Crippen LogP contribution in [0.3, 0.4) is 0 Å². The molecule has 0 unspecified atom stereocenters. The topological polar surface area (TPSA) is 60.0 Å². The van der Waals surface area contributed by atoms with E-state index in [0.717, 1.165) is 55.6 Å². The number of benzene rings is 1. The van der Waals surface area contributed by atoms with E-state index >= 15 is 0 Å². The minimum atomic E-state index is -0.365. The number of nitrogens with one attached hydrogen (secondary N) is 1. The Hall–Kier alpha value is -0.720. The summed E-state index contributed by atoms with van der Waals surface area (Å²) in [6.45, 7) is 10.2. The van der Waals surface area contributed by atoms with Crippen molar-refractivity contribution in [3.8, 4) is 11.5 Å².